The molecule has 0 aliphatic rings. The van der Waals surface area contributed by atoms with Crippen LogP contribution < -0.4 is 0 Å². The first-order valence-electron chi connectivity index (χ1n) is 9.49. The zero-order valence-electron chi connectivity index (χ0n) is 15.7. The van der Waals surface area contributed by atoms with Crippen molar-refractivity contribution < 1.29 is 4.79 Å². The van der Waals surface area contributed by atoms with Crippen molar-refractivity contribution in [2.45, 2.75) is 98.8 Å². The molecule has 3 unspecified atom stereocenters. The number of halogens is 1. The molecule has 0 fully saturated rings. The van der Waals surface area contributed by atoms with Crippen molar-refractivity contribution in [3.63, 3.8) is 0 Å². The quantitative estimate of drug-likeness (QED) is 0.307. The summed E-state index contributed by atoms with van der Waals surface area (Å²) in [5.41, 5.74) is 0. The monoisotopic (exact) mass is 330 g/mol. The van der Waals surface area contributed by atoms with Crippen LogP contribution in [0.2, 0.25) is 0 Å². The van der Waals surface area contributed by atoms with Crippen LogP contribution >= 0.6 is 11.6 Å². The van der Waals surface area contributed by atoms with E-state index in [2.05, 4.69) is 34.6 Å². The predicted molar refractivity (Wildman–Crippen MR) is 99.4 cm³/mol. The fraction of sp³-hybridized carbons (Fsp3) is 0.950. The standard InChI is InChI=1S/C20H39ClO/c1-16(2)9-6-10-17(3)11-7-12-18(4)13-8-14-19(5)15-20(21)22/h16-19H,6-15H2,1-5H3. The molecule has 22 heavy (non-hydrogen) atoms. The molecule has 3 atom stereocenters. The summed E-state index contributed by atoms with van der Waals surface area (Å²) in [7, 11) is 0. The van der Waals surface area contributed by atoms with Gasteiger partial charge in [0.1, 0.15) is 0 Å². The van der Waals surface area contributed by atoms with Gasteiger partial charge in [-0.25, -0.2) is 0 Å². The minimum Gasteiger partial charge on any atom is -0.281 e. The second kappa shape index (κ2) is 13.4. The molecule has 0 amide bonds. The SMILES string of the molecule is CC(C)CCCC(C)CCCC(C)CCCC(C)CC(=O)Cl. The van der Waals surface area contributed by atoms with E-state index in [0.717, 1.165) is 24.2 Å². The van der Waals surface area contributed by atoms with Gasteiger partial charge >= 0.3 is 0 Å². The largest absolute Gasteiger partial charge is 0.281 e. The van der Waals surface area contributed by atoms with Gasteiger partial charge in [0.25, 0.3) is 0 Å². The van der Waals surface area contributed by atoms with E-state index in [9.17, 15) is 4.79 Å². The second-order valence-electron chi connectivity index (χ2n) is 8.06. The van der Waals surface area contributed by atoms with Gasteiger partial charge in [0, 0.05) is 6.42 Å². The maximum absolute atomic E-state index is 10.8. The molecule has 1 nitrogen and oxygen atoms in total. The summed E-state index contributed by atoms with van der Waals surface area (Å²) in [6, 6.07) is 0. The van der Waals surface area contributed by atoms with Crippen molar-refractivity contribution in [1.29, 1.82) is 0 Å². The van der Waals surface area contributed by atoms with E-state index >= 15 is 0 Å². The van der Waals surface area contributed by atoms with Crippen LogP contribution in [0, 0.1) is 23.7 Å². The Kier molecular flexibility index (Phi) is 13.4. The lowest BCUT2D eigenvalue weighted by atomic mass is 9.91. The van der Waals surface area contributed by atoms with Crippen molar-refractivity contribution in [3.05, 3.63) is 0 Å². The molecule has 0 aliphatic carbocycles. The van der Waals surface area contributed by atoms with Gasteiger partial charge < -0.3 is 0 Å². The molecule has 0 aromatic carbocycles. The molecule has 0 aromatic rings. The predicted octanol–water partition coefficient (Wildman–Crippen LogP) is 7.22. The highest BCUT2D eigenvalue weighted by atomic mass is 35.5. The van der Waals surface area contributed by atoms with E-state index < -0.39 is 0 Å². The molecular weight excluding hydrogens is 292 g/mol. The Morgan fingerprint density at radius 1 is 0.682 bits per heavy atom. The molecule has 132 valence electrons. The Morgan fingerprint density at radius 3 is 1.41 bits per heavy atom. The highest BCUT2D eigenvalue weighted by molar-refractivity contribution is 6.63. The van der Waals surface area contributed by atoms with Crippen LogP contribution in [-0.4, -0.2) is 5.24 Å². The molecule has 2 heteroatoms. The molecule has 0 saturated heterocycles. The van der Waals surface area contributed by atoms with Crippen molar-refractivity contribution in [2.75, 3.05) is 0 Å². The molecule has 0 radical (unpaired) electrons. The molecule has 0 spiro atoms. The number of hydrogen-bond donors (Lipinski definition) is 0. The number of carbonyl (C=O) groups is 1. The lowest BCUT2D eigenvalue weighted by molar-refractivity contribution is -0.112. The van der Waals surface area contributed by atoms with Crippen molar-refractivity contribution in [1.82, 2.24) is 0 Å². The molecular formula is C20H39ClO. The van der Waals surface area contributed by atoms with Gasteiger partial charge in [0.05, 0.1) is 0 Å². The van der Waals surface area contributed by atoms with Crippen LogP contribution in [0.3, 0.4) is 0 Å². The van der Waals surface area contributed by atoms with Crippen molar-refractivity contribution in [3.8, 4) is 0 Å². The van der Waals surface area contributed by atoms with E-state index in [1.807, 2.05) is 0 Å². The summed E-state index contributed by atoms with van der Waals surface area (Å²) in [5.74, 6) is 3.00. The minimum absolute atomic E-state index is 0.188. The minimum atomic E-state index is -0.188. The van der Waals surface area contributed by atoms with E-state index in [1.54, 1.807) is 0 Å². The summed E-state index contributed by atoms with van der Waals surface area (Å²) >= 11 is 5.43. The summed E-state index contributed by atoms with van der Waals surface area (Å²) in [6.07, 6.45) is 12.5. The third-order valence-corrected chi connectivity index (χ3v) is 4.93. The van der Waals surface area contributed by atoms with Crippen LogP contribution in [0.15, 0.2) is 0 Å². The highest BCUT2D eigenvalue weighted by Crippen LogP contribution is 2.22. The van der Waals surface area contributed by atoms with E-state index in [0.29, 0.717) is 12.3 Å². The lowest BCUT2D eigenvalue weighted by Gasteiger charge is -2.15. The van der Waals surface area contributed by atoms with Gasteiger partial charge in [-0.05, 0) is 35.3 Å². The van der Waals surface area contributed by atoms with Gasteiger partial charge in [0.2, 0.25) is 5.24 Å². The Morgan fingerprint density at radius 2 is 1.05 bits per heavy atom. The summed E-state index contributed by atoms with van der Waals surface area (Å²) < 4.78 is 0. The molecule has 0 bridgehead atoms. The summed E-state index contributed by atoms with van der Waals surface area (Å²) in [6.45, 7) is 11.5. The summed E-state index contributed by atoms with van der Waals surface area (Å²) in [5, 5.41) is -0.188. The Labute approximate surface area is 144 Å². The maximum Gasteiger partial charge on any atom is 0.221 e. The number of hydrogen-bond acceptors (Lipinski definition) is 1. The third-order valence-electron chi connectivity index (χ3n) is 4.78. The normalized spacial score (nSPS) is 15.8. The van der Waals surface area contributed by atoms with Gasteiger partial charge in [-0.15, -0.1) is 0 Å². The van der Waals surface area contributed by atoms with Gasteiger partial charge in [-0.1, -0.05) is 92.4 Å². The fourth-order valence-corrected chi connectivity index (χ4v) is 3.43. The Balaban J connectivity index is 3.52. The average Bonchev–Trinajstić information content (AvgIpc) is 2.37. The van der Waals surface area contributed by atoms with Gasteiger partial charge in [-0.3, -0.25) is 4.79 Å². The zero-order chi connectivity index (χ0) is 17.0. The van der Waals surface area contributed by atoms with E-state index in [4.69, 9.17) is 11.6 Å². The van der Waals surface area contributed by atoms with Crippen LogP contribution in [-0.2, 0) is 4.79 Å². The van der Waals surface area contributed by atoms with Crippen LogP contribution in [0.5, 0.6) is 0 Å². The first kappa shape index (κ1) is 22.0. The van der Waals surface area contributed by atoms with Crippen molar-refractivity contribution >= 4 is 16.8 Å². The Hall–Kier alpha value is -0.0400. The van der Waals surface area contributed by atoms with Gasteiger partial charge in [0.15, 0.2) is 0 Å². The molecule has 0 saturated carbocycles. The van der Waals surface area contributed by atoms with Crippen molar-refractivity contribution in [2.24, 2.45) is 23.7 Å². The molecule has 0 aromatic heterocycles. The van der Waals surface area contributed by atoms with Gasteiger partial charge in [-0.2, -0.15) is 0 Å². The summed E-state index contributed by atoms with van der Waals surface area (Å²) in [4.78, 5) is 10.8. The fourth-order valence-electron chi connectivity index (χ4n) is 3.17. The average molecular weight is 331 g/mol. The van der Waals surface area contributed by atoms with E-state index in [-0.39, 0.29) is 5.24 Å². The maximum atomic E-state index is 10.8. The number of rotatable bonds is 14. The molecule has 0 heterocycles. The molecule has 0 aliphatic heterocycles. The number of carbonyl (C=O) groups excluding carboxylic acids is 1. The van der Waals surface area contributed by atoms with E-state index in [1.165, 1.54) is 51.4 Å². The van der Waals surface area contributed by atoms with Crippen LogP contribution in [0.4, 0.5) is 0 Å². The first-order valence-corrected chi connectivity index (χ1v) is 9.87. The Bertz CT molecular complexity index is 275. The second-order valence-corrected chi connectivity index (χ2v) is 8.48. The topological polar surface area (TPSA) is 17.1 Å². The van der Waals surface area contributed by atoms with Crippen LogP contribution in [0.25, 0.3) is 0 Å². The molecule has 0 N–H and O–H groups in total. The molecule has 0 rings (SSSR count). The van der Waals surface area contributed by atoms with Crippen LogP contribution in [0.1, 0.15) is 98.8 Å². The smallest absolute Gasteiger partial charge is 0.221 e. The first-order chi connectivity index (χ1) is 10.3. The lowest BCUT2D eigenvalue weighted by Crippen LogP contribution is -2.03. The third kappa shape index (κ3) is 14.9. The zero-order valence-corrected chi connectivity index (χ0v) is 16.4. The highest BCUT2D eigenvalue weighted by Gasteiger charge is 2.09.